The van der Waals surface area contributed by atoms with Crippen molar-refractivity contribution in [3.63, 3.8) is 0 Å². The van der Waals surface area contributed by atoms with Crippen molar-refractivity contribution >= 4 is 21.6 Å². The van der Waals surface area contributed by atoms with E-state index < -0.39 is 21.7 Å². The van der Waals surface area contributed by atoms with Crippen molar-refractivity contribution in [3.05, 3.63) is 83.6 Å². The Bertz CT molecular complexity index is 1050. The highest BCUT2D eigenvalue weighted by atomic mass is 32.2. The standard InChI is InChI=1S/C19H17FN2O4S/c1-13-4-7-15(11-18(13)20)22-19(23)14-5-8-17(9-6-14)27(24,25)21-12-16-3-2-10-26-16/h2-11,21H,12H2,1H3,(H,22,23). The molecule has 3 rings (SSSR count). The van der Waals surface area contributed by atoms with Crippen molar-refractivity contribution in [2.75, 3.05) is 5.32 Å². The number of anilines is 1. The summed E-state index contributed by atoms with van der Waals surface area (Å²) in [5.41, 5.74) is 1.05. The van der Waals surface area contributed by atoms with Gasteiger partial charge in [0.25, 0.3) is 5.91 Å². The number of sulfonamides is 1. The molecular weight excluding hydrogens is 371 g/mol. The highest BCUT2D eigenvalue weighted by Crippen LogP contribution is 2.16. The normalized spacial score (nSPS) is 11.3. The minimum atomic E-state index is -3.74. The summed E-state index contributed by atoms with van der Waals surface area (Å²) in [4.78, 5) is 12.3. The van der Waals surface area contributed by atoms with Gasteiger partial charge in [0.15, 0.2) is 0 Å². The second-order valence-electron chi connectivity index (χ2n) is 5.85. The second kappa shape index (κ2) is 7.73. The lowest BCUT2D eigenvalue weighted by atomic mass is 10.2. The quantitative estimate of drug-likeness (QED) is 0.677. The Morgan fingerprint density at radius 3 is 2.48 bits per heavy atom. The first-order chi connectivity index (χ1) is 12.8. The minimum absolute atomic E-state index is 0.0204. The summed E-state index contributed by atoms with van der Waals surface area (Å²) in [6.07, 6.45) is 1.46. The van der Waals surface area contributed by atoms with E-state index in [1.165, 1.54) is 36.6 Å². The summed E-state index contributed by atoms with van der Waals surface area (Å²) in [7, 11) is -3.74. The molecule has 3 aromatic rings. The van der Waals surface area contributed by atoms with Crippen molar-refractivity contribution in [1.82, 2.24) is 4.72 Å². The van der Waals surface area contributed by atoms with Crippen LogP contribution in [0.25, 0.3) is 0 Å². The molecule has 0 atom stereocenters. The van der Waals surface area contributed by atoms with Crippen LogP contribution in [0.5, 0.6) is 0 Å². The van der Waals surface area contributed by atoms with Crippen molar-refractivity contribution in [1.29, 1.82) is 0 Å². The number of hydrogen-bond acceptors (Lipinski definition) is 4. The molecule has 1 aromatic heterocycles. The molecule has 0 aliphatic heterocycles. The van der Waals surface area contributed by atoms with Gasteiger partial charge in [0, 0.05) is 11.3 Å². The average Bonchev–Trinajstić information content (AvgIpc) is 3.17. The number of amides is 1. The van der Waals surface area contributed by atoms with E-state index in [1.54, 1.807) is 31.2 Å². The van der Waals surface area contributed by atoms with E-state index in [-0.39, 0.29) is 17.0 Å². The Balaban J connectivity index is 1.68. The molecule has 0 radical (unpaired) electrons. The molecule has 0 aliphatic carbocycles. The molecule has 0 saturated carbocycles. The van der Waals surface area contributed by atoms with E-state index in [2.05, 4.69) is 10.0 Å². The predicted molar refractivity (Wildman–Crippen MR) is 98.3 cm³/mol. The van der Waals surface area contributed by atoms with Crippen LogP contribution in [0.3, 0.4) is 0 Å². The average molecular weight is 388 g/mol. The number of benzene rings is 2. The van der Waals surface area contributed by atoms with Gasteiger partial charge in [-0.3, -0.25) is 4.79 Å². The number of carbonyl (C=O) groups excluding carboxylic acids is 1. The summed E-state index contributed by atoms with van der Waals surface area (Å²) in [5.74, 6) is -0.400. The Hall–Kier alpha value is -2.97. The topological polar surface area (TPSA) is 88.4 Å². The van der Waals surface area contributed by atoms with Gasteiger partial charge in [-0.05, 0) is 61.0 Å². The summed E-state index contributed by atoms with van der Waals surface area (Å²) < 4.78 is 45.6. The molecule has 1 heterocycles. The van der Waals surface area contributed by atoms with E-state index in [9.17, 15) is 17.6 Å². The molecule has 6 nitrogen and oxygen atoms in total. The number of nitrogens with one attached hydrogen (secondary N) is 2. The van der Waals surface area contributed by atoms with Gasteiger partial charge in [0.05, 0.1) is 17.7 Å². The molecule has 0 saturated heterocycles. The van der Waals surface area contributed by atoms with E-state index in [0.29, 0.717) is 17.0 Å². The van der Waals surface area contributed by atoms with Crippen LogP contribution in [0.4, 0.5) is 10.1 Å². The van der Waals surface area contributed by atoms with Crippen molar-refractivity contribution in [2.24, 2.45) is 0 Å². The summed E-state index contributed by atoms with van der Waals surface area (Å²) in [6.45, 7) is 1.65. The molecule has 0 aliphatic rings. The van der Waals surface area contributed by atoms with Crippen molar-refractivity contribution in [3.8, 4) is 0 Å². The van der Waals surface area contributed by atoms with Gasteiger partial charge >= 0.3 is 0 Å². The first-order valence-corrected chi connectivity index (χ1v) is 9.53. The largest absolute Gasteiger partial charge is 0.468 e. The number of rotatable bonds is 6. The lowest BCUT2D eigenvalue weighted by Crippen LogP contribution is -2.23. The Labute approximate surface area is 156 Å². The number of carbonyl (C=O) groups is 1. The van der Waals surface area contributed by atoms with E-state index >= 15 is 0 Å². The molecule has 2 aromatic carbocycles. The smallest absolute Gasteiger partial charge is 0.255 e. The molecule has 27 heavy (non-hydrogen) atoms. The van der Waals surface area contributed by atoms with Crippen LogP contribution in [0.15, 0.2) is 70.2 Å². The Morgan fingerprint density at radius 2 is 1.85 bits per heavy atom. The van der Waals surface area contributed by atoms with Crippen molar-refractivity contribution in [2.45, 2.75) is 18.4 Å². The third kappa shape index (κ3) is 4.60. The fraction of sp³-hybridized carbons (Fsp3) is 0.105. The highest BCUT2D eigenvalue weighted by molar-refractivity contribution is 7.89. The number of halogens is 1. The molecule has 0 fully saturated rings. The van der Waals surface area contributed by atoms with Gasteiger partial charge in [-0.25, -0.2) is 17.5 Å². The summed E-state index contributed by atoms with van der Waals surface area (Å²) in [6, 6.07) is 13.1. The van der Waals surface area contributed by atoms with Crippen molar-refractivity contribution < 1.29 is 22.0 Å². The van der Waals surface area contributed by atoms with E-state index in [4.69, 9.17) is 4.42 Å². The van der Waals surface area contributed by atoms with Crippen LogP contribution in [-0.2, 0) is 16.6 Å². The van der Waals surface area contributed by atoms with Crippen LogP contribution < -0.4 is 10.0 Å². The lowest BCUT2D eigenvalue weighted by Gasteiger charge is -2.08. The first-order valence-electron chi connectivity index (χ1n) is 8.05. The van der Waals surface area contributed by atoms with Crippen LogP contribution in [0, 0.1) is 12.7 Å². The van der Waals surface area contributed by atoms with Gasteiger partial charge in [0.1, 0.15) is 11.6 Å². The molecule has 0 unspecified atom stereocenters. The van der Waals surface area contributed by atoms with Gasteiger partial charge in [-0.1, -0.05) is 6.07 Å². The van der Waals surface area contributed by atoms with Crippen LogP contribution in [0.2, 0.25) is 0 Å². The fourth-order valence-corrected chi connectivity index (χ4v) is 3.32. The maximum absolute atomic E-state index is 13.6. The molecular formula is C19H17FN2O4S. The fourth-order valence-electron chi connectivity index (χ4n) is 2.32. The monoisotopic (exact) mass is 388 g/mol. The maximum Gasteiger partial charge on any atom is 0.255 e. The zero-order chi connectivity index (χ0) is 19.4. The van der Waals surface area contributed by atoms with E-state index in [0.717, 1.165) is 0 Å². The summed E-state index contributed by atoms with van der Waals surface area (Å²) >= 11 is 0. The van der Waals surface area contributed by atoms with E-state index in [1.807, 2.05) is 0 Å². The van der Waals surface area contributed by atoms with Crippen LogP contribution in [0.1, 0.15) is 21.7 Å². The third-order valence-corrected chi connectivity index (χ3v) is 5.29. The number of furan rings is 1. The van der Waals surface area contributed by atoms with Gasteiger partial charge in [-0.15, -0.1) is 0 Å². The van der Waals surface area contributed by atoms with Gasteiger partial charge in [0.2, 0.25) is 10.0 Å². The molecule has 140 valence electrons. The third-order valence-electron chi connectivity index (χ3n) is 3.87. The molecule has 1 amide bonds. The second-order valence-corrected chi connectivity index (χ2v) is 7.61. The minimum Gasteiger partial charge on any atom is -0.468 e. The Morgan fingerprint density at radius 1 is 1.11 bits per heavy atom. The molecule has 0 bridgehead atoms. The maximum atomic E-state index is 13.6. The molecule has 2 N–H and O–H groups in total. The number of aryl methyl sites for hydroxylation is 1. The predicted octanol–water partition coefficient (Wildman–Crippen LogP) is 3.46. The number of hydrogen-bond donors (Lipinski definition) is 2. The van der Waals surface area contributed by atoms with Gasteiger partial charge < -0.3 is 9.73 Å². The SMILES string of the molecule is Cc1ccc(NC(=O)c2ccc(S(=O)(=O)NCc3ccco3)cc2)cc1F. The summed E-state index contributed by atoms with van der Waals surface area (Å²) in [5, 5.41) is 2.57. The lowest BCUT2D eigenvalue weighted by molar-refractivity contribution is 0.102. The Kier molecular flexibility index (Phi) is 5.38. The zero-order valence-corrected chi connectivity index (χ0v) is 15.2. The molecule has 8 heteroatoms. The zero-order valence-electron chi connectivity index (χ0n) is 14.4. The highest BCUT2D eigenvalue weighted by Gasteiger charge is 2.15. The van der Waals surface area contributed by atoms with Crippen LogP contribution >= 0.6 is 0 Å². The van der Waals surface area contributed by atoms with Crippen LogP contribution in [-0.4, -0.2) is 14.3 Å². The van der Waals surface area contributed by atoms with Gasteiger partial charge in [-0.2, -0.15) is 0 Å². The molecule has 0 spiro atoms. The first kappa shape index (κ1) is 18.8.